The molecule has 2 rings (SSSR count). The lowest BCUT2D eigenvalue weighted by molar-refractivity contribution is -0.0429. The molecule has 0 atom stereocenters. The number of benzene rings is 1. The van der Waals surface area contributed by atoms with Crippen LogP contribution in [0.5, 0.6) is 0 Å². The van der Waals surface area contributed by atoms with Gasteiger partial charge < -0.3 is 0 Å². The fraction of sp³-hybridized carbons (Fsp3) is 0.100. The number of nitrogens with one attached hydrogen (secondary N) is 2. The Morgan fingerprint density at radius 3 is 2.21 bits per heavy atom. The molecule has 0 spiro atoms. The average Bonchev–Trinajstić information content (AvgIpc) is 2.81. The fourth-order valence-electron chi connectivity index (χ4n) is 1.35. The molecule has 2 N–H and O–H groups in total. The molecular formula is C10H8F3N3O2S. The fourth-order valence-corrected chi connectivity index (χ4v) is 1.91. The van der Waals surface area contributed by atoms with Gasteiger partial charge in [-0.25, -0.2) is 0 Å². The molecule has 102 valence electrons. The Morgan fingerprint density at radius 2 is 1.74 bits per heavy atom. The first-order chi connectivity index (χ1) is 8.79. The van der Waals surface area contributed by atoms with Crippen molar-refractivity contribution in [3.05, 3.63) is 36.5 Å². The highest BCUT2D eigenvalue weighted by Crippen LogP contribution is 2.26. The van der Waals surface area contributed by atoms with E-state index in [1.54, 1.807) is 6.07 Å². The van der Waals surface area contributed by atoms with Gasteiger partial charge in [-0.05, 0) is 23.8 Å². The number of H-pyrrole nitrogens is 1. The molecule has 0 bridgehead atoms. The Morgan fingerprint density at radius 1 is 1.11 bits per heavy atom. The number of aromatic nitrogens is 2. The zero-order valence-corrected chi connectivity index (χ0v) is 10.1. The third-order valence-electron chi connectivity index (χ3n) is 2.25. The quantitative estimate of drug-likeness (QED) is 0.911. The van der Waals surface area contributed by atoms with Crippen LogP contribution in [0, 0.1) is 0 Å². The maximum Gasteiger partial charge on any atom is 0.516 e. The summed E-state index contributed by atoms with van der Waals surface area (Å²) in [5.41, 5.74) is -4.16. The van der Waals surface area contributed by atoms with E-state index < -0.39 is 15.5 Å². The van der Waals surface area contributed by atoms with Crippen LogP contribution in [0.3, 0.4) is 0 Å². The summed E-state index contributed by atoms with van der Waals surface area (Å²) < 4.78 is 59.7. The minimum atomic E-state index is -5.39. The zero-order chi connectivity index (χ0) is 14.1. The average molecular weight is 291 g/mol. The first kappa shape index (κ1) is 13.4. The molecular weight excluding hydrogens is 283 g/mol. The smallest absolute Gasteiger partial charge is 0.278 e. The van der Waals surface area contributed by atoms with E-state index in [2.05, 4.69) is 10.2 Å². The minimum absolute atomic E-state index is 0.166. The van der Waals surface area contributed by atoms with Crippen molar-refractivity contribution >= 4 is 15.7 Å². The predicted molar refractivity (Wildman–Crippen MR) is 62.6 cm³/mol. The van der Waals surface area contributed by atoms with E-state index in [0.29, 0.717) is 11.3 Å². The third kappa shape index (κ3) is 2.87. The lowest BCUT2D eigenvalue weighted by Crippen LogP contribution is -2.29. The number of hydrogen-bond donors (Lipinski definition) is 2. The minimum Gasteiger partial charge on any atom is -0.278 e. The number of nitrogens with zero attached hydrogens (tertiary/aromatic N) is 1. The molecule has 0 aliphatic heterocycles. The number of anilines is 1. The second kappa shape index (κ2) is 4.57. The van der Waals surface area contributed by atoms with Crippen molar-refractivity contribution in [3.63, 3.8) is 0 Å². The maximum atomic E-state index is 12.2. The summed E-state index contributed by atoms with van der Waals surface area (Å²) in [5.74, 6) is 0. The van der Waals surface area contributed by atoms with Crippen molar-refractivity contribution in [1.82, 2.24) is 10.2 Å². The van der Waals surface area contributed by atoms with E-state index in [1.807, 2.05) is 0 Å². The van der Waals surface area contributed by atoms with Crippen molar-refractivity contribution in [2.75, 3.05) is 4.72 Å². The Bertz CT molecular complexity index is 648. The summed E-state index contributed by atoms with van der Waals surface area (Å²) >= 11 is 0. The normalized spacial score (nSPS) is 12.4. The number of rotatable bonds is 3. The van der Waals surface area contributed by atoms with E-state index in [9.17, 15) is 21.6 Å². The number of sulfonamides is 1. The van der Waals surface area contributed by atoms with Crippen molar-refractivity contribution in [2.24, 2.45) is 0 Å². The molecule has 19 heavy (non-hydrogen) atoms. The highest BCUT2D eigenvalue weighted by molar-refractivity contribution is 7.93. The van der Waals surface area contributed by atoms with Gasteiger partial charge in [-0.15, -0.1) is 0 Å². The Labute approximate surface area is 106 Å². The monoisotopic (exact) mass is 291 g/mol. The summed E-state index contributed by atoms with van der Waals surface area (Å²) in [6, 6.07) is 7.09. The summed E-state index contributed by atoms with van der Waals surface area (Å²) in [5, 5.41) is 6.40. The Balaban J connectivity index is 2.21. The molecule has 1 aromatic heterocycles. The molecule has 2 aromatic rings. The Hall–Kier alpha value is -2.03. The lowest BCUT2D eigenvalue weighted by atomic mass is 10.1. The lowest BCUT2D eigenvalue weighted by Gasteiger charge is -2.10. The molecule has 0 unspecified atom stereocenters. The second-order valence-corrected chi connectivity index (χ2v) is 5.27. The predicted octanol–water partition coefficient (Wildman–Crippen LogP) is 2.34. The summed E-state index contributed by atoms with van der Waals surface area (Å²) in [6.45, 7) is 0. The topological polar surface area (TPSA) is 74.8 Å². The van der Waals surface area contributed by atoms with Crippen LogP contribution in [0.1, 0.15) is 0 Å². The molecule has 0 fully saturated rings. The molecule has 5 nitrogen and oxygen atoms in total. The highest BCUT2D eigenvalue weighted by Gasteiger charge is 2.45. The van der Waals surface area contributed by atoms with Crippen molar-refractivity contribution < 1.29 is 21.6 Å². The van der Waals surface area contributed by atoms with Gasteiger partial charge >= 0.3 is 15.5 Å². The molecule has 1 heterocycles. The van der Waals surface area contributed by atoms with Crippen molar-refractivity contribution in [3.8, 4) is 11.3 Å². The molecule has 0 aliphatic carbocycles. The SMILES string of the molecule is O=S(=O)(Nc1ccc(-c2ccn[nH]2)cc1)C(F)(F)F. The van der Waals surface area contributed by atoms with Gasteiger partial charge in [0.2, 0.25) is 0 Å². The van der Waals surface area contributed by atoms with Crippen LogP contribution in [0.25, 0.3) is 11.3 Å². The molecule has 9 heteroatoms. The molecule has 0 saturated carbocycles. The largest absolute Gasteiger partial charge is 0.516 e. The van der Waals surface area contributed by atoms with Gasteiger partial charge in [0.15, 0.2) is 0 Å². The van der Waals surface area contributed by atoms with Crippen LogP contribution in [0.4, 0.5) is 18.9 Å². The summed E-state index contributed by atoms with van der Waals surface area (Å²) in [4.78, 5) is 0. The number of hydrogen-bond acceptors (Lipinski definition) is 3. The molecule has 1 aromatic carbocycles. The van der Waals surface area contributed by atoms with Gasteiger partial charge in [-0.3, -0.25) is 9.82 Å². The van der Waals surface area contributed by atoms with E-state index in [4.69, 9.17) is 0 Å². The van der Waals surface area contributed by atoms with E-state index in [-0.39, 0.29) is 5.69 Å². The van der Waals surface area contributed by atoms with Crippen molar-refractivity contribution in [2.45, 2.75) is 5.51 Å². The van der Waals surface area contributed by atoms with E-state index in [1.165, 1.54) is 35.2 Å². The number of halogens is 3. The Kier molecular flexibility index (Phi) is 3.23. The first-order valence-corrected chi connectivity index (χ1v) is 6.47. The molecule has 0 saturated heterocycles. The second-order valence-electron chi connectivity index (χ2n) is 3.60. The van der Waals surface area contributed by atoms with Crippen LogP contribution in [0.2, 0.25) is 0 Å². The first-order valence-electron chi connectivity index (χ1n) is 4.98. The van der Waals surface area contributed by atoms with Crippen LogP contribution in [-0.4, -0.2) is 24.1 Å². The van der Waals surface area contributed by atoms with Gasteiger partial charge in [0.05, 0.1) is 5.69 Å². The van der Waals surface area contributed by atoms with E-state index in [0.717, 1.165) is 0 Å². The molecule has 0 aliphatic rings. The molecule has 0 amide bonds. The number of alkyl halides is 3. The maximum absolute atomic E-state index is 12.2. The van der Waals surface area contributed by atoms with Crippen LogP contribution in [0.15, 0.2) is 36.5 Å². The van der Waals surface area contributed by atoms with Crippen molar-refractivity contribution in [1.29, 1.82) is 0 Å². The summed E-state index contributed by atoms with van der Waals surface area (Å²) in [6.07, 6.45) is 1.52. The standard InChI is InChI=1S/C10H8F3N3O2S/c11-10(12,13)19(17,18)16-8-3-1-7(2-4-8)9-5-6-14-15-9/h1-6,16H,(H,14,15). The van der Waals surface area contributed by atoms with Gasteiger partial charge in [-0.1, -0.05) is 12.1 Å². The van der Waals surface area contributed by atoms with Gasteiger partial charge in [-0.2, -0.15) is 26.7 Å². The molecule has 0 radical (unpaired) electrons. The highest BCUT2D eigenvalue weighted by atomic mass is 32.2. The summed E-state index contributed by atoms with van der Waals surface area (Å²) in [7, 11) is -5.39. The van der Waals surface area contributed by atoms with Gasteiger partial charge in [0.1, 0.15) is 0 Å². The van der Waals surface area contributed by atoms with E-state index >= 15 is 0 Å². The van der Waals surface area contributed by atoms with Crippen LogP contribution >= 0.6 is 0 Å². The zero-order valence-electron chi connectivity index (χ0n) is 9.27. The third-order valence-corrected chi connectivity index (χ3v) is 3.37. The van der Waals surface area contributed by atoms with Gasteiger partial charge in [0, 0.05) is 11.9 Å². The van der Waals surface area contributed by atoms with Crippen LogP contribution in [-0.2, 0) is 10.0 Å². The number of aromatic amines is 1. The van der Waals surface area contributed by atoms with Crippen LogP contribution < -0.4 is 4.72 Å². The van der Waals surface area contributed by atoms with Gasteiger partial charge in [0.25, 0.3) is 0 Å².